The SMILES string of the molecule is O=S(=O)(NCC1(c2ccc3c(c2)OCCO3)CC1)c1ccccc1Cl. The Morgan fingerprint density at radius 1 is 1.04 bits per heavy atom. The van der Waals surface area contributed by atoms with Crippen molar-refractivity contribution in [1.29, 1.82) is 0 Å². The van der Waals surface area contributed by atoms with Gasteiger partial charge in [-0.05, 0) is 42.7 Å². The summed E-state index contributed by atoms with van der Waals surface area (Å²) in [4.78, 5) is 0.106. The maximum atomic E-state index is 12.6. The molecule has 0 aromatic heterocycles. The molecule has 1 aliphatic heterocycles. The van der Waals surface area contributed by atoms with Crippen molar-refractivity contribution < 1.29 is 17.9 Å². The molecule has 2 aromatic carbocycles. The summed E-state index contributed by atoms with van der Waals surface area (Å²) >= 11 is 6.02. The first kappa shape index (κ1) is 16.7. The molecule has 0 spiro atoms. The summed E-state index contributed by atoms with van der Waals surface area (Å²) in [5, 5.41) is 0.221. The van der Waals surface area contributed by atoms with Crippen LogP contribution in [0.4, 0.5) is 0 Å². The third kappa shape index (κ3) is 3.21. The van der Waals surface area contributed by atoms with E-state index in [1.54, 1.807) is 18.2 Å². The predicted octanol–water partition coefficient (Wildman–Crippen LogP) is 3.12. The summed E-state index contributed by atoms with van der Waals surface area (Å²) in [7, 11) is -3.65. The van der Waals surface area contributed by atoms with Gasteiger partial charge in [0.25, 0.3) is 0 Å². The van der Waals surface area contributed by atoms with Gasteiger partial charge in [0.1, 0.15) is 18.1 Å². The Balaban J connectivity index is 1.54. The Morgan fingerprint density at radius 2 is 1.76 bits per heavy atom. The number of sulfonamides is 1. The predicted molar refractivity (Wildman–Crippen MR) is 95.0 cm³/mol. The van der Waals surface area contributed by atoms with Crippen LogP contribution < -0.4 is 14.2 Å². The lowest BCUT2D eigenvalue weighted by Crippen LogP contribution is -2.32. The van der Waals surface area contributed by atoms with Crippen molar-refractivity contribution in [3.8, 4) is 11.5 Å². The largest absolute Gasteiger partial charge is 0.486 e. The van der Waals surface area contributed by atoms with Crippen LogP contribution in [0.3, 0.4) is 0 Å². The normalized spacial score (nSPS) is 18.0. The standard InChI is InChI=1S/C18H18ClNO4S/c19-14-3-1-2-4-17(14)25(21,22)20-12-18(7-8-18)13-5-6-15-16(11-13)24-10-9-23-15/h1-6,11,20H,7-10,12H2. The minimum atomic E-state index is -3.65. The molecule has 25 heavy (non-hydrogen) atoms. The van der Waals surface area contributed by atoms with Crippen molar-refractivity contribution in [2.75, 3.05) is 19.8 Å². The van der Waals surface area contributed by atoms with Gasteiger partial charge in [-0.2, -0.15) is 0 Å². The lowest BCUT2D eigenvalue weighted by molar-refractivity contribution is 0.171. The van der Waals surface area contributed by atoms with E-state index in [2.05, 4.69) is 4.72 Å². The second-order valence-electron chi connectivity index (χ2n) is 6.39. The number of benzene rings is 2. The molecule has 0 radical (unpaired) electrons. The highest BCUT2D eigenvalue weighted by molar-refractivity contribution is 7.89. The van der Waals surface area contributed by atoms with Gasteiger partial charge in [0, 0.05) is 12.0 Å². The molecule has 132 valence electrons. The van der Waals surface area contributed by atoms with E-state index in [1.807, 2.05) is 18.2 Å². The zero-order valence-electron chi connectivity index (χ0n) is 13.5. The first-order valence-electron chi connectivity index (χ1n) is 8.15. The summed E-state index contributed by atoms with van der Waals surface area (Å²) in [5.41, 5.74) is 0.878. The molecule has 2 aromatic rings. The van der Waals surface area contributed by atoms with E-state index in [4.69, 9.17) is 21.1 Å². The highest BCUT2D eigenvalue weighted by Gasteiger charge is 2.45. The lowest BCUT2D eigenvalue weighted by Gasteiger charge is -2.22. The van der Waals surface area contributed by atoms with Crippen LogP contribution in [0.25, 0.3) is 0 Å². The molecule has 4 rings (SSSR count). The summed E-state index contributed by atoms with van der Waals surface area (Å²) in [5.74, 6) is 1.46. The molecule has 5 nitrogen and oxygen atoms in total. The molecule has 1 fully saturated rings. The molecular formula is C18H18ClNO4S. The molecule has 0 bridgehead atoms. The van der Waals surface area contributed by atoms with E-state index in [0.717, 1.165) is 29.9 Å². The summed E-state index contributed by atoms with van der Waals surface area (Å²) < 4.78 is 39.0. The Morgan fingerprint density at radius 3 is 2.48 bits per heavy atom. The number of nitrogens with one attached hydrogen (secondary N) is 1. The van der Waals surface area contributed by atoms with Crippen LogP contribution in [0.2, 0.25) is 5.02 Å². The molecule has 1 aliphatic carbocycles. The number of fused-ring (bicyclic) bond motifs is 1. The Bertz CT molecular complexity index is 909. The van der Waals surface area contributed by atoms with Crippen LogP contribution in [-0.4, -0.2) is 28.2 Å². The fourth-order valence-corrected chi connectivity index (χ4v) is 4.71. The molecule has 1 saturated carbocycles. The molecule has 2 aliphatic rings. The maximum Gasteiger partial charge on any atom is 0.242 e. The van der Waals surface area contributed by atoms with Gasteiger partial charge in [0.05, 0.1) is 5.02 Å². The Hall–Kier alpha value is -1.76. The van der Waals surface area contributed by atoms with E-state index in [9.17, 15) is 8.42 Å². The molecule has 7 heteroatoms. The smallest absolute Gasteiger partial charge is 0.242 e. The van der Waals surface area contributed by atoms with Gasteiger partial charge >= 0.3 is 0 Å². The first-order chi connectivity index (χ1) is 12.0. The number of rotatable bonds is 5. The molecule has 1 heterocycles. The topological polar surface area (TPSA) is 64.6 Å². The van der Waals surface area contributed by atoms with Crippen molar-refractivity contribution in [2.45, 2.75) is 23.2 Å². The van der Waals surface area contributed by atoms with Crippen molar-refractivity contribution in [2.24, 2.45) is 0 Å². The van der Waals surface area contributed by atoms with E-state index >= 15 is 0 Å². The number of ether oxygens (including phenoxy) is 2. The van der Waals surface area contributed by atoms with Gasteiger partial charge in [0.2, 0.25) is 10.0 Å². The van der Waals surface area contributed by atoms with Gasteiger partial charge in [-0.3, -0.25) is 0 Å². The molecule has 0 saturated heterocycles. The van der Waals surface area contributed by atoms with Crippen LogP contribution in [0.1, 0.15) is 18.4 Å². The van der Waals surface area contributed by atoms with Crippen LogP contribution in [0.15, 0.2) is 47.4 Å². The highest BCUT2D eigenvalue weighted by Crippen LogP contribution is 2.49. The minimum absolute atomic E-state index is 0.106. The number of halogens is 1. The fraction of sp³-hybridized carbons (Fsp3) is 0.333. The van der Waals surface area contributed by atoms with Crippen molar-refractivity contribution >= 4 is 21.6 Å². The number of hydrogen-bond acceptors (Lipinski definition) is 4. The van der Waals surface area contributed by atoms with Gasteiger partial charge in [-0.1, -0.05) is 29.8 Å². The molecule has 0 unspecified atom stereocenters. The third-order valence-electron chi connectivity index (χ3n) is 4.73. The van der Waals surface area contributed by atoms with Crippen LogP contribution in [0, 0.1) is 0 Å². The minimum Gasteiger partial charge on any atom is -0.486 e. The zero-order chi connectivity index (χ0) is 17.5. The highest BCUT2D eigenvalue weighted by atomic mass is 35.5. The average Bonchev–Trinajstić information content (AvgIpc) is 3.41. The van der Waals surface area contributed by atoms with Gasteiger partial charge in [-0.15, -0.1) is 0 Å². The van der Waals surface area contributed by atoms with E-state index in [1.165, 1.54) is 6.07 Å². The second kappa shape index (κ2) is 6.20. The summed E-state index contributed by atoms with van der Waals surface area (Å²) in [6.07, 6.45) is 1.86. The van der Waals surface area contributed by atoms with E-state index < -0.39 is 10.0 Å². The number of hydrogen-bond donors (Lipinski definition) is 1. The van der Waals surface area contributed by atoms with Crippen molar-refractivity contribution in [1.82, 2.24) is 4.72 Å². The van der Waals surface area contributed by atoms with Gasteiger partial charge in [0.15, 0.2) is 11.5 Å². The first-order valence-corrected chi connectivity index (χ1v) is 10.0. The molecule has 0 amide bonds. The van der Waals surface area contributed by atoms with Gasteiger partial charge < -0.3 is 9.47 Å². The maximum absolute atomic E-state index is 12.6. The van der Waals surface area contributed by atoms with Crippen LogP contribution in [-0.2, 0) is 15.4 Å². The lowest BCUT2D eigenvalue weighted by atomic mass is 9.96. The van der Waals surface area contributed by atoms with Crippen molar-refractivity contribution in [3.63, 3.8) is 0 Å². The molecule has 0 atom stereocenters. The Labute approximate surface area is 152 Å². The zero-order valence-corrected chi connectivity index (χ0v) is 15.1. The molecular weight excluding hydrogens is 362 g/mol. The quantitative estimate of drug-likeness (QED) is 0.866. The van der Waals surface area contributed by atoms with Crippen LogP contribution >= 0.6 is 11.6 Å². The van der Waals surface area contributed by atoms with E-state index in [-0.39, 0.29) is 15.3 Å². The summed E-state index contributed by atoms with van der Waals surface area (Å²) in [6, 6.07) is 12.3. The van der Waals surface area contributed by atoms with Crippen molar-refractivity contribution in [3.05, 3.63) is 53.1 Å². The monoisotopic (exact) mass is 379 g/mol. The fourth-order valence-electron chi connectivity index (χ4n) is 3.07. The van der Waals surface area contributed by atoms with Gasteiger partial charge in [-0.25, -0.2) is 13.1 Å². The summed E-state index contributed by atoms with van der Waals surface area (Å²) in [6.45, 7) is 1.41. The molecule has 1 N–H and O–H groups in total. The van der Waals surface area contributed by atoms with E-state index in [0.29, 0.717) is 19.8 Å². The average molecular weight is 380 g/mol. The second-order valence-corrected chi connectivity index (χ2v) is 8.54. The van der Waals surface area contributed by atoms with Crippen LogP contribution in [0.5, 0.6) is 11.5 Å². The Kier molecular flexibility index (Phi) is 4.14. The third-order valence-corrected chi connectivity index (χ3v) is 6.64.